The Morgan fingerprint density at radius 1 is 1.00 bits per heavy atom. The zero-order valence-corrected chi connectivity index (χ0v) is 15.8. The minimum Gasteiger partial charge on any atom is -0.380 e. The summed E-state index contributed by atoms with van der Waals surface area (Å²) in [5.74, 6) is -10.2. The van der Waals surface area contributed by atoms with E-state index in [2.05, 4.69) is 0 Å². The van der Waals surface area contributed by atoms with Gasteiger partial charge in [-0.25, -0.2) is 26.3 Å². The molecule has 0 aliphatic rings. The molecule has 2 aromatic carbocycles. The van der Waals surface area contributed by atoms with Crippen LogP contribution in [-0.4, -0.2) is 30.2 Å². The summed E-state index contributed by atoms with van der Waals surface area (Å²) in [7, 11) is 2.91. The molecule has 0 radical (unpaired) electrons. The Balaban J connectivity index is 0.000000337. The van der Waals surface area contributed by atoms with Crippen LogP contribution in [-0.2, 0) is 16.1 Å². The Kier molecular flexibility index (Phi) is 9.71. The molecule has 3 nitrogen and oxygen atoms in total. The van der Waals surface area contributed by atoms with E-state index in [1.807, 2.05) is 30.3 Å². The van der Waals surface area contributed by atoms with Crippen molar-refractivity contribution in [3.8, 4) is 0 Å². The molecule has 0 aliphatic carbocycles. The number of ether oxygens (including phenoxy) is 1. The summed E-state index contributed by atoms with van der Waals surface area (Å²) in [6.45, 7) is 0.284. The van der Waals surface area contributed by atoms with Crippen molar-refractivity contribution >= 4 is 28.8 Å². The molecule has 0 aliphatic heterocycles. The maximum atomic E-state index is 13.2. The number of methoxy groups -OCH3 is 1. The Labute approximate surface area is 162 Å². The van der Waals surface area contributed by atoms with Gasteiger partial charge in [0.1, 0.15) is 4.90 Å². The number of rotatable bonds is 6. The average Bonchev–Trinajstić information content (AvgIpc) is 2.63. The van der Waals surface area contributed by atoms with E-state index < -0.39 is 45.8 Å². The zero-order valence-electron chi connectivity index (χ0n) is 14.2. The van der Waals surface area contributed by atoms with Crippen molar-refractivity contribution in [1.29, 1.82) is 0 Å². The number of likely N-dealkylation sites (N-methyl/N-ethyl adjacent to an activating group) is 1. The van der Waals surface area contributed by atoms with Crippen LogP contribution in [0.15, 0.2) is 35.2 Å². The van der Waals surface area contributed by atoms with Crippen molar-refractivity contribution < 1.29 is 31.5 Å². The predicted octanol–water partition coefficient (Wildman–Crippen LogP) is 4.92. The van der Waals surface area contributed by atoms with E-state index in [1.165, 1.54) is 12.6 Å². The lowest BCUT2D eigenvalue weighted by Gasteiger charge is -2.14. The van der Waals surface area contributed by atoms with Crippen molar-refractivity contribution in [3.63, 3.8) is 0 Å². The Hall–Kier alpha value is -1.68. The van der Waals surface area contributed by atoms with Crippen molar-refractivity contribution in [2.24, 2.45) is 0 Å². The highest BCUT2D eigenvalue weighted by atomic mass is 35.5. The first-order chi connectivity index (χ1) is 12.7. The van der Waals surface area contributed by atoms with Crippen LogP contribution in [0.3, 0.4) is 0 Å². The van der Waals surface area contributed by atoms with Gasteiger partial charge >= 0.3 is 0 Å². The van der Waals surface area contributed by atoms with E-state index in [1.54, 1.807) is 7.11 Å². The number of carbonyl (C=O) groups excluding carboxylic acids is 1. The molecule has 2 aromatic rings. The first kappa shape index (κ1) is 23.4. The average molecular weight is 428 g/mol. The van der Waals surface area contributed by atoms with Crippen molar-refractivity contribution in [2.75, 3.05) is 20.7 Å². The van der Waals surface area contributed by atoms with Gasteiger partial charge in [0, 0.05) is 7.11 Å². The number of hydrogen-bond donors (Lipinski definition) is 0. The molecule has 0 spiro atoms. The minimum atomic E-state index is -2.23. The molecule has 0 aromatic heterocycles. The normalized spacial score (nSPS) is 10.6. The standard InChI is InChI=1S/C9H5ClF5NOS.C8H10O/c1-16(2-3(10)17)18-9-7(14)5(12)4(11)6(13)8(9)15;1-9-7-8-5-3-2-4-6-8/h2H2,1H3;2-6H,7H2,1H3. The largest absolute Gasteiger partial charge is 0.380 e. The monoisotopic (exact) mass is 427 g/mol. The number of halogens is 6. The van der Waals surface area contributed by atoms with Gasteiger partial charge in [-0.2, -0.15) is 0 Å². The summed E-state index contributed by atoms with van der Waals surface area (Å²) in [6.07, 6.45) is 0. The highest BCUT2D eigenvalue weighted by Crippen LogP contribution is 2.32. The summed E-state index contributed by atoms with van der Waals surface area (Å²) in [5.41, 5.74) is 1.22. The van der Waals surface area contributed by atoms with Gasteiger partial charge in [-0.3, -0.25) is 4.79 Å². The van der Waals surface area contributed by atoms with Crippen molar-refractivity contribution in [1.82, 2.24) is 4.31 Å². The summed E-state index contributed by atoms with van der Waals surface area (Å²) in [4.78, 5) is 9.43. The maximum Gasteiger partial charge on any atom is 0.236 e. The van der Waals surface area contributed by atoms with Gasteiger partial charge in [0.25, 0.3) is 0 Å². The van der Waals surface area contributed by atoms with Gasteiger partial charge in [0.05, 0.1) is 13.2 Å². The second kappa shape index (κ2) is 11.2. The van der Waals surface area contributed by atoms with Crippen LogP contribution >= 0.6 is 23.5 Å². The Bertz CT molecular complexity index is 751. The molecule has 27 heavy (non-hydrogen) atoms. The number of carbonyl (C=O) groups is 1. The lowest BCUT2D eigenvalue weighted by Crippen LogP contribution is -2.17. The summed E-state index contributed by atoms with van der Waals surface area (Å²) < 4.78 is 70.7. The molecule has 0 heterocycles. The second-order valence-corrected chi connectivity index (χ2v) is 6.69. The fourth-order valence-corrected chi connectivity index (χ4v) is 2.85. The smallest absolute Gasteiger partial charge is 0.236 e. The molecule has 0 amide bonds. The first-order valence-corrected chi connectivity index (χ1v) is 8.45. The zero-order chi connectivity index (χ0) is 20.6. The maximum absolute atomic E-state index is 13.2. The minimum absolute atomic E-state index is 0.194. The molecule has 148 valence electrons. The third-order valence-electron chi connectivity index (χ3n) is 2.92. The fraction of sp³-hybridized carbons (Fsp3) is 0.235. The molecule has 0 fully saturated rings. The van der Waals surface area contributed by atoms with Crippen LogP contribution in [0.1, 0.15) is 5.56 Å². The van der Waals surface area contributed by atoms with Crippen LogP contribution in [0.2, 0.25) is 0 Å². The van der Waals surface area contributed by atoms with Crippen LogP contribution in [0.4, 0.5) is 22.0 Å². The third kappa shape index (κ3) is 7.10. The molecule has 0 bridgehead atoms. The highest BCUT2D eigenvalue weighted by Gasteiger charge is 2.27. The molecule has 2 rings (SSSR count). The van der Waals surface area contributed by atoms with Crippen LogP contribution < -0.4 is 0 Å². The third-order valence-corrected chi connectivity index (χ3v) is 4.02. The van der Waals surface area contributed by atoms with Gasteiger partial charge in [-0.1, -0.05) is 30.3 Å². The van der Waals surface area contributed by atoms with Crippen LogP contribution in [0.5, 0.6) is 0 Å². The highest BCUT2D eigenvalue weighted by molar-refractivity contribution is 7.97. The summed E-state index contributed by atoms with van der Waals surface area (Å²) >= 11 is 5.21. The van der Waals surface area contributed by atoms with Gasteiger partial charge in [-0.15, -0.1) is 0 Å². The number of benzene rings is 2. The molecule has 0 saturated heterocycles. The predicted molar refractivity (Wildman–Crippen MR) is 92.7 cm³/mol. The van der Waals surface area contributed by atoms with Gasteiger partial charge in [0.15, 0.2) is 23.3 Å². The number of hydrogen-bond acceptors (Lipinski definition) is 4. The van der Waals surface area contributed by atoms with E-state index in [0.29, 0.717) is 6.61 Å². The summed E-state index contributed by atoms with van der Waals surface area (Å²) in [6, 6.07) is 10.1. The Morgan fingerprint density at radius 3 is 1.93 bits per heavy atom. The van der Waals surface area contributed by atoms with Gasteiger partial charge in [0.2, 0.25) is 11.1 Å². The molecular formula is C17H15ClF5NO2S. The molecular weight excluding hydrogens is 413 g/mol. The van der Waals surface area contributed by atoms with Gasteiger partial charge in [-0.05, 0) is 36.2 Å². The second-order valence-electron chi connectivity index (χ2n) is 5.05. The van der Waals surface area contributed by atoms with Crippen molar-refractivity contribution in [2.45, 2.75) is 11.5 Å². The quantitative estimate of drug-likeness (QED) is 0.215. The summed E-state index contributed by atoms with van der Waals surface area (Å²) in [5, 5.41) is -0.839. The lowest BCUT2D eigenvalue weighted by molar-refractivity contribution is -0.111. The lowest BCUT2D eigenvalue weighted by atomic mass is 10.2. The SMILES string of the molecule is CN(CC(=O)Cl)Sc1c(F)c(F)c(F)c(F)c1F.COCc1ccccc1. The molecule has 0 N–H and O–H groups in total. The van der Waals surface area contributed by atoms with E-state index >= 15 is 0 Å². The fourth-order valence-electron chi connectivity index (χ4n) is 1.77. The van der Waals surface area contributed by atoms with E-state index in [0.717, 1.165) is 4.31 Å². The first-order valence-electron chi connectivity index (χ1n) is 7.30. The van der Waals surface area contributed by atoms with E-state index in [4.69, 9.17) is 16.3 Å². The topological polar surface area (TPSA) is 29.5 Å². The van der Waals surface area contributed by atoms with E-state index in [9.17, 15) is 26.7 Å². The van der Waals surface area contributed by atoms with Crippen molar-refractivity contribution in [3.05, 3.63) is 65.0 Å². The van der Waals surface area contributed by atoms with Gasteiger partial charge < -0.3 is 4.74 Å². The van der Waals surface area contributed by atoms with Crippen LogP contribution in [0, 0.1) is 29.1 Å². The van der Waals surface area contributed by atoms with E-state index in [-0.39, 0.29) is 11.9 Å². The molecule has 0 atom stereocenters. The molecule has 0 saturated carbocycles. The number of nitrogens with zero attached hydrogens (tertiary/aromatic N) is 1. The van der Waals surface area contributed by atoms with Crippen LogP contribution in [0.25, 0.3) is 0 Å². The molecule has 0 unspecified atom stereocenters. The Morgan fingerprint density at radius 2 is 1.48 bits per heavy atom. The molecule has 10 heteroatoms.